The van der Waals surface area contributed by atoms with Gasteiger partial charge in [0.2, 0.25) is 0 Å². The Balaban J connectivity index is 0.00000132. The zero-order valence-corrected chi connectivity index (χ0v) is 18.2. The van der Waals surface area contributed by atoms with Crippen molar-refractivity contribution in [1.29, 1.82) is 0 Å². The van der Waals surface area contributed by atoms with Crippen molar-refractivity contribution < 1.29 is 22.6 Å². The van der Waals surface area contributed by atoms with E-state index in [4.69, 9.17) is 9.47 Å². The quantitative estimate of drug-likeness (QED) is 0.437. The number of aryl methyl sites for hydroxylation is 1. The van der Waals surface area contributed by atoms with Gasteiger partial charge in [0.15, 0.2) is 17.9 Å². The maximum atomic E-state index is 14.7. The summed E-state index contributed by atoms with van der Waals surface area (Å²) in [5.74, 6) is -2.15. The minimum absolute atomic E-state index is 0.137. The molecule has 0 spiro atoms. The minimum atomic E-state index is -0.862. The summed E-state index contributed by atoms with van der Waals surface area (Å²) in [7, 11) is 0. The summed E-state index contributed by atoms with van der Waals surface area (Å²) < 4.78 is 53.7. The molecule has 3 aromatic carbocycles. The summed E-state index contributed by atoms with van der Waals surface area (Å²) in [6, 6.07) is 15.1. The fourth-order valence-corrected chi connectivity index (χ4v) is 3.53. The highest BCUT2D eigenvalue weighted by molar-refractivity contribution is 5.71. The topological polar surface area (TPSA) is 18.5 Å². The van der Waals surface area contributed by atoms with Gasteiger partial charge in [-0.25, -0.2) is 13.2 Å². The largest absolute Gasteiger partial charge is 0.352 e. The van der Waals surface area contributed by atoms with Crippen LogP contribution < -0.4 is 0 Å². The van der Waals surface area contributed by atoms with Crippen LogP contribution in [0, 0.1) is 24.4 Å². The molecular formula is C26H27F3O2. The van der Waals surface area contributed by atoms with Crippen molar-refractivity contribution in [3.8, 4) is 22.3 Å². The van der Waals surface area contributed by atoms with Gasteiger partial charge in [-0.2, -0.15) is 0 Å². The summed E-state index contributed by atoms with van der Waals surface area (Å²) in [6.45, 7) is 8.18. The van der Waals surface area contributed by atoms with E-state index in [1.807, 2.05) is 26.8 Å². The lowest BCUT2D eigenvalue weighted by atomic mass is 9.95. The van der Waals surface area contributed by atoms with E-state index in [1.165, 1.54) is 13.0 Å². The van der Waals surface area contributed by atoms with Crippen LogP contribution in [-0.4, -0.2) is 19.5 Å². The first kappa shape index (κ1) is 23.0. The zero-order chi connectivity index (χ0) is 22.5. The molecule has 0 radical (unpaired) electrons. The lowest BCUT2D eigenvalue weighted by molar-refractivity contribution is -0.176. The standard InChI is InChI=1S/C24H21F3O2.C2H6/c1-14-3-9-21(24(27)23(14)26)17-6-4-16(5-7-17)18-8-10-20(22(25)11-18)19-12-28-15(2)29-13-19;1-2/h3-11,15,19H,12-13H2,1-2H3;1-2H3. The van der Waals surface area contributed by atoms with Gasteiger partial charge in [0.05, 0.1) is 13.2 Å². The maximum Gasteiger partial charge on any atom is 0.166 e. The second kappa shape index (κ2) is 10.1. The summed E-state index contributed by atoms with van der Waals surface area (Å²) in [6.07, 6.45) is -0.265. The average Bonchev–Trinajstić information content (AvgIpc) is 2.80. The molecule has 2 nitrogen and oxygen atoms in total. The van der Waals surface area contributed by atoms with Crippen LogP contribution in [0.1, 0.15) is 37.8 Å². The average molecular weight is 428 g/mol. The van der Waals surface area contributed by atoms with Crippen molar-refractivity contribution in [2.75, 3.05) is 13.2 Å². The summed E-state index contributed by atoms with van der Waals surface area (Å²) in [5.41, 5.74) is 3.09. The van der Waals surface area contributed by atoms with Gasteiger partial charge in [-0.1, -0.05) is 62.4 Å². The third-order valence-electron chi connectivity index (χ3n) is 5.31. The summed E-state index contributed by atoms with van der Waals surface area (Å²) >= 11 is 0. The molecule has 1 aliphatic heterocycles. The first-order chi connectivity index (χ1) is 14.9. The second-order valence-electron chi connectivity index (χ2n) is 7.30. The fraction of sp³-hybridized carbons (Fsp3) is 0.308. The number of halogens is 3. The number of benzene rings is 3. The monoisotopic (exact) mass is 428 g/mol. The predicted molar refractivity (Wildman–Crippen MR) is 117 cm³/mol. The molecule has 3 aromatic rings. The van der Waals surface area contributed by atoms with Gasteiger partial charge in [0, 0.05) is 11.5 Å². The van der Waals surface area contributed by atoms with Crippen molar-refractivity contribution in [3.05, 3.63) is 83.2 Å². The highest BCUT2D eigenvalue weighted by atomic mass is 19.2. The molecule has 1 aliphatic rings. The Morgan fingerprint density at radius 2 is 1.32 bits per heavy atom. The predicted octanol–water partition coefficient (Wildman–Crippen LogP) is 7.25. The maximum absolute atomic E-state index is 14.7. The van der Waals surface area contributed by atoms with Gasteiger partial charge in [0.1, 0.15) is 5.82 Å². The Morgan fingerprint density at radius 1 is 0.742 bits per heavy atom. The van der Waals surface area contributed by atoms with E-state index in [0.717, 1.165) is 5.56 Å². The van der Waals surface area contributed by atoms with E-state index in [2.05, 4.69) is 0 Å². The number of hydrogen-bond donors (Lipinski definition) is 0. The third-order valence-corrected chi connectivity index (χ3v) is 5.31. The highest BCUT2D eigenvalue weighted by Gasteiger charge is 2.23. The summed E-state index contributed by atoms with van der Waals surface area (Å²) in [4.78, 5) is 0. The Kier molecular flexibility index (Phi) is 7.52. The van der Waals surface area contributed by atoms with Gasteiger partial charge in [-0.05, 0) is 47.7 Å². The van der Waals surface area contributed by atoms with E-state index in [9.17, 15) is 13.2 Å². The SMILES string of the molecule is CC.Cc1ccc(-c2ccc(-c3ccc(C4COC(C)OC4)c(F)c3)cc2)c(F)c1F. The molecule has 1 heterocycles. The smallest absolute Gasteiger partial charge is 0.166 e. The number of rotatable bonds is 3. The molecule has 0 amide bonds. The molecular weight excluding hydrogens is 401 g/mol. The molecule has 0 N–H and O–H groups in total. The number of ether oxygens (including phenoxy) is 2. The van der Waals surface area contributed by atoms with E-state index in [0.29, 0.717) is 29.9 Å². The normalized spacial score (nSPS) is 18.3. The van der Waals surface area contributed by atoms with Gasteiger partial charge in [-0.3, -0.25) is 0 Å². The van der Waals surface area contributed by atoms with E-state index in [1.54, 1.807) is 42.5 Å². The van der Waals surface area contributed by atoms with Crippen LogP contribution in [0.4, 0.5) is 13.2 Å². The number of hydrogen-bond acceptors (Lipinski definition) is 2. The van der Waals surface area contributed by atoms with E-state index >= 15 is 0 Å². The van der Waals surface area contributed by atoms with Crippen LogP contribution in [0.2, 0.25) is 0 Å². The molecule has 4 rings (SSSR count). The van der Waals surface area contributed by atoms with Crippen molar-refractivity contribution >= 4 is 0 Å². The second-order valence-corrected chi connectivity index (χ2v) is 7.30. The van der Waals surface area contributed by atoms with E-state index < -0.39 is 11.6 Å². The van der Waals surface area contributed by atoms with Gasteiger partial charge < -0.3 is 9.47 Å². The Morgan fingerprint density at radius 3 is 1.94 bits per heavy atom. The van der Waals surface area contributed by atoms with Crippen LogP contribution >= 0.6 is 0 Å². The molecule has 5 heteroatoms. The van der Waals surface area contributed by atoms with Crippen LogP contribution in [0.3, 0.4) is 0 Å². The molecule has 0 bridgehead atoms. The van der Waals surface area contributed by atoms with Crippen molar-refractivity contribution in [2.45, 2.75) is 39.9 Å². The first-order valence-corrected chi connectivity index (χ1v) is 10.5. The first-order valence-electron chi connectivity index (χ1n) is 10.5. The lowest BCUT2D eigenvalue weighted by Gasteiger charge is -2.27. The molecule has 1 saturated heterocycles. The van der Waals surface area contributed by atoms with Crippen molar-refractivity contribution in [1.82, 2.24) is 0 Å². The molecule has 1 fully saturated rings. The molecule has 0 atom stereocenters. The minimum Gasteiger partial charge on any atom is -0.352 e. The summed E-state index contributed by atoms with van der Waals surface area (Å²) in [5, 5.41) is 0. The molecule has 0 aliphatic carbocycles. The van der Waals surface area contributed by atoms with Crippen LogP contribution in [0.25, 0.3) is 22.3 Å². The molecule has 164 valence electrons. The Hall–Kier alpha value is -2.63. The lowest BCUT2D eigenvalue weighted by Crippen LogP contribution is -2.29. The van der Waals surface area contributed by atoms with Crippen molar-refractivity contribution in [2.24, 2.45) is 0 Å². The van der Waals surface area contributed by atoms with E-state index in [-0.39, 0.29) is 29.2 Å². The molecule has 0 aromatic heterocycles. The van der Waals surface area contributed by atoms with Crippen LogP contribution in [0.5, 0.6) is 0 Å². The zero-order valence-electron chi connectivity index (χ0n) is 18.2. The van der Waals surface area contributed by atoms with Gasteiger partial charge in [-0.15, -0.1) is 0 Å². The highest BCUT2D eigenvalue weighted by Crippen LogP contribution is 2.31. The van der Waals surface area contributed by atoms with Crippen molar-refractivity contribution in [3.63, 3.8) is 0 Å². The molecule has 0 saturated carbocycles. The Labute approximate surface area is 181 Å². The van der Waals surface area contributed by atoms with Crippen LogP contribution in [-0.2, 0) is 9.47 Å². The fourth-order valence-electron chi connectivity index (χ4n) is 3.53. The van der Waals surface area contributed by atoms with Crippen LogP contribution in [0.15, 0.2) is 54.6 Å². The van der Waals surface area contributed by atoms with Gasteiger partial charge >= 0.3 is 0 Å². The molecule has 0 unspecified atom stereocenters. The molecule has 31 heavy (non-hydrogen) atoms. The van der Waals surface area contributed by atoms with Gasteiger partial charge in [0.25, 0.3) is 0 Å². The third kappa shape index (κ3) is 5.00. The Bertz CT molecular complexity index is 1020.